The summed E-state index contributed by atoms with van der Waals surface area (Å²) in [6.07, 6.45) is 0. The molecule has 0 aliphatic rings. The molecule has 0 aliphatic carbocycles. The van der Waals surface area contributed by atoms with Gasteiger partial charge in [0.25, 0.3) is 5.91 Å². The molecule has 3 N–H and O–H groups in total. The Morgan fingerprint density at radius 3 is 2.89 bits per heavy atom. The topological polar surface area (TPSA) is 64.3 Å². The number of amides is 1. The summed E-state index contributed by atoms with van der Waals surface area (Å²) in [6.45, 7) is 0. The molecule has 0 saturated heterocycles. The lowest BCUT2D eigenvalue weighted by Crippen LogP contribution is -2.11. The minimum Gasteiger partial charge on any atom is -0.496 e. The second kappa shape index (κ2) is 5.05. The number of nitrogen functional groups attached to an aromatic ring is 1. The van der Waals surface area contributed by atoms with Gasteiger partial charge >= 0.3 is 0 Å². The van der Waals surface area contributed by atoms with Gasteiger partial charge in [-0.05, 0) is 18.2 Å². The molecule has 0 spiro atoms. The van der Waals surface area contributed by atoms with Crippen molar-refractivity contribution < 1.29 is 13.9 Å². The van der Waals surface area contributed by atoms with Crippen LogP contribution < -0.4 is 15.8 Å². The fourth-order valence-corrected chi connectivity index (χ4v) is 2.12. The molecule has 0 saturated carbocycles. The third-order valence-corrected chi connectivity index (χ3v) is 3.21. The van der Waals surface area contributed by atoms with Gasteiger partial charge in [0.2, 0.25) is 0 Å². The summed E-state index contributed by atoms with van der Waals surface area (Å²) in [5.41, 5.74) is 6.21. The predicted octanol–water partition coefficient (Wildman–Crippen LogP) is 2.73. The standard InChI is InChI=1S/C12H11FN2O2S/c1-17-8-5-11(18-6-8)12(16)15-10-4-7(13)2-3-9(10)14/h2-6H,14H2,1H3,(H,15,16). The molecule has 1 amide bonds. The molecule has 0 aliphatic heterocycles. The number of halogens is 1. The number of ether oxygens (including phenoxy) is 1. The molecule has 2 aromatic rings. The van der Waals surface area contributed by atoms with E-state index in [-0.39, 0.29) is 11.6 Å². The van der Waals surface area contributed by atoms with Crippen molar-refractivity contribution in [2.24, 2.45) is 0 Å². The largest absolute Gasteiger partial charge is 0.496 e. The first-order valence-electron chi connectivity index (χ1n) is 5.09. The molecule has 18 heavy (non-hydrogen) atoms. The maximum absolute atomic E-state index is 13.0. The zero-order chi connectivity index (χ0) is 13.1. The normalized spacial score (nSPS) is 10.1. The van der Waals surface area contributed by atoms with Gasteiger partial charge in [0.05, 0.1) is 23.4 Å². The minimum atomic E-state index is -0.455. The van der Waals surface area contributed by atoms with Crippen molar-refractivity contribution >= 4 is 28.6 Å². The van der Waals surface area contributed by atoms with E-state index in [1.54, 1.807) is 11.4 Å². The molecule has 6 heteroatoms. The Bertz CT molecular complexity index is 583. The van der Waals surface area contributed by atoms with Crippen LogP contribution in [-0.2, 0) is 0 Å². The van der Waals surface area contributed by atoms with Crippen LogP contribution in [0.25, 0.3) is 0 Å². The van der Waals surface area contributed by atoms with Gasteiger partial charge in [-0.1, -0.05) is 0 Å². The van der Waals surface area contributed by atoms with Crippen LogP contribution >= 0.6 is 11.3 Å². The second-order valence-electron chi connectivity index (χ2n) is 3.54. The number of nitrogens with one attached hydrogen (secondary N) is 1. The van der Waals surface area contributed by atoms with E-state index in [9.17, 15) is 9.18 Å². The van der Waals surface area contributed by atoms with Crippen molar-refractivity contribution in [3.05, 3.63) is 40.3 Å². The Hall–Kier alpha value is -2.08. The van der Waals surface area contributed by atoms with Gasteiger partial charge in [-0.15, -0.1) is 11.3 Å². The van der Waals surface area contributed by atoms with Crippen molar-refractivity contribution in [3.63, 3.8) is 0 Å². The summed E-state index contributed by atoms with van der Waals surface area (Å²) >= 11 is 1.24. The van der Waals surface area contributed by atoms with Gasteiger partial charge in [-0.25, -0.2) is 4.39 Å². The molecule has 0 atom stereocenters. The highest BCUT2D eigenvalue weighted by atomic mass is 32.1. The average Bonchev–Trinajstić information content (AvgIpc) is 2.82. The molecule has 1 heterocycles. The number of rotatable bonds is 3. The smallest absolute Gasteiger partial charge is 0.265 e. The monoisotopic (exact) mass is 266 g/mol. The first-order valence-corrected chi connectivity index (χ1v) is 5.97. The van der Waals surface area contributed by atoms with Crippen molar-refractivity contribution in [1.82, 2.24) is 0 Å². The number of carbonyl (C=O) groups excluding carboxylic acids is 1. The van der Waals surface area contributed by atoms with Crippen LogP contribution in [0.1, 0.15) is 9.67 Å². The molecule has 94 valence electrons. The predicted molar refractivity (Wildman–Crippen MR) is 69.6 cm³/mol. The Morgan fingerprint density at radius 2 is 2.22 bits per heavy atom. The molecule has 0 bridgehead atoms. The van der Waals surface area contributed by atoms with Gasteiger partial charge in [0.15, 0.2) is 0 Å². The average molecular weight is 266 g/mol. The highest BCUT2D eigenvalue weighted by molar-refractivity contribution is 7.12. The Morgan fingerprint density at radius 1 is 1.44 bits per heavy atom. The van der Waals surface area contributed by atoms with Gasteiger partial charge < -0.3 is 15.8 Å². The van der Waals surface area contributed by atoms with Gasteiger partial charge in [-0.2, -0.15) is 0 Å². The van der Waals surface area contributed by atoms with Crippen LogP contribution in [0.3, 0.4) is 0 Å². The highest BCUT2D eigenvalue weighted by Crippen LogP contribution is 2.24. The SMILES string of the molecule is COc1csc(C(=O)Nc2cc(F)ccc2N)c1. The number of nitrogens with two attached hydrogens (primary N) is 1. The molecular formula is C12H11FN2O2S. The first-order chi connectivity index (χ1) is 8.60. The lowest BCUT2D eigenvalue weighted by atomic mass is 10.2. The van der Waals surface area contributed by atoms with E-state index in [0.29, 0.717) is 16.3 Å². The van der Waals surface area contributed by atoms with Crippen LogP contribution in [-0.4, -0.2) is 13.0 Å². The minimum absolute atomic E-state index is 0.257. The van der Waals surface area contributed by atoms with E-state index in [1.807, 2.05) is 0 Å². The van der Waals surface area contributed by atoms with Gasteiger partial charge in [-0.3, -0.25) is 4.79 Å². The lowest BCUT2D eigenvalue weighted by Gasteiger charge is -2.06. The number of hydrogen-bond donors (Lipinski definition) is 2. The zero-order valence-corrected chi connectivity index (χ0v) is 10.4. The van der Waals surface area contributed by atoms with Crippen LogP contribution in [0.2, 0.25) is 0 Å². The molecule has 1 aromatic heterocycles. The summed E-state index contributed by atoms with van der Waals surface area (Å²) in [6, 6.07) is 5.42. The number of benzene rings is 1. The quantitative estimate of drug-likeness (QED) is 0.839. The van der Waals surface area contributed by atoms with E-state index in [0.717, 1.165) is 0 Å². The maximum Gasteiger partial charge on any atom is 0.265 e. The van der Waals surface area contributed by atoms with E-state index >= 15 is 0 Å². The van der Waals surface area contributed by atoms with Crippen molar-refractivity contribution in [2.45, 2.75) is 0 Å². The highest BCUT2D eigenvalue weighted by Gasteiger charge is 2.11. The van der Waals surface area contributed by atoms with Crippen LogP contribution in [0.5, 0.6) is 5.75 Å². The summed E-state index contributed by atoms with van der Waals surface area (Å²) in [4.78, 5) is 12.3. The van der Waals surface area contributed by atoms with E-state index in [1.165, 1.54) is 36.6 Å². The molecule has 4 nitrogen and oxygen atoms in total. The number of hydrogen-bond acceptors (Lipinski definition) is 4. The van der Waals surface area contributed by atoms with E-state index in [4.69, 9.17) is 10.5 Å². The van der Waals surface area contributed by atoms with Crippen molar-refractivity contribution in [1.29, 1.82) is 0 Å². The zero-order valence-electron chi connectivity index (χ0n) is 9.57. The molecule has 0 unspecified atom stereocenters. The van der Waals surface area contributed by atoms with Crippen LogP contribution in [0.15, 0.2) is 29.6 Å². The number of thiophene rings is 1. The summed E-state index contributed by atoms with van der Waals surface area (Å²) in [7, 11) is 1.52. The van der Waals surface area contributed by atoms with Crippen LogP contribution in [0, 0.1) is 5.82 Å². The van der Waals surface area contributed by atoms with Gasteiger partial charge in [0, 0.05) is 11.4 Å². The summed E-state index contributed by atoms with van der Waals surface area (Å²) in [5, 5.41) is 4.27. The second-order valence-corrected chi connectivity index (χ2v) is 4.45. The molecule has 1 aromatic carbocycles. The number of methoxy groups -OCH3 is 1. The third-order valence-electron chi connectivity index (χ3n) is 2.30. The number of anilines is 2. The summed E-state index contributed by atoms with van der Waals surface area (Å²) in [5.74, 6) is -0.193. The molecule has 0 radical (unpaired) electrons. The van der Waals surface area contributed by atoms with Crippen LogP contribution in [0.4, 0.5) is 15.8 Å². The molecule has 2 rings (SSSR count). The fourth-order valence-electron chi connectivity index (χ4n) is 1.37. The third kappa shape index (κ3) is 2.60. The Balaban J connectivity index is 2.18. The van der Waals surface area contributed by atoms with E-state index < -0.39 is 5.82 Å². The van der Waals surface area contributed by atoms with Crippen molar-refractivity contribution in [3.8, 4) is 5.75 Å². The fraction of sp³-hybridized carbons (Fsp3) is 0.0833. The van der Waals surface area contributed by atoms with Crippen molar-refractivity contribution in [2.75, 3.05) is 18.2 Å². The maximum atomic E-state index is 13.0. The van der Waals surface area contributed by atoms with Gasteiger partial charge in [0.1, 0.15) is 11.6 Å². The Kier molecular flexibility index (Phi) is 3.47. The Labute approximate surface area is 107 Å². The first kappa shape index (κ1) is 12.4. The van der Waals surface area contributed by atoms with E-state index in [2.05, 4.69) is 5.32 Å². The summed E-state index contributed by atoms with van der Waals surface area (Å²) < 4.78 is 18.0. The molecular weight excluding hydrogens is 255 g/mol. The lowest BCUT2D eigenvalue weighted by molar-refractivity contribution is 0.103. The molecule has 0 fully saturated rings. The number of carbonyl (C=O) groups is 1.